The highest BCUT2D eigenvalue weighted by atomic mass is 16.2. The molecular formula is C10H9NO. The zero-order valence-electron chi connectivity index (χ0n) is 6.82. The van der Waals surface area contributed by atoms with Crippen LogP contribution >= 0.6 is 0 Å². The lowest BCUT2D eigenvalue weighted by molar-refractivity contribution is -0.114. The summed E-state index contributed by atoms with van der Waals surface area (Å²) in [4.78, 5) is 12.6. The van der Waals surface area contributed by atoms with Gasteiger partial charge >= 0.3 is 0 Å². The van der Waals surface area contributed by atoms with Crippen LogP contribution in [0.15, 0.2) is 36.5 Å². The van der Waals surface area contributed by atoms with Gasteiger partial charge in [0.05, 0.1) is 0 Å². The third-order valence-corrected chi connectivity index (χ3v) is 1.88. The first kappa shape index (κ1) is 7.10. The van der Waals surface area contributed by atoms with Crippen LogP contribution in [0.4, 0.5) is 5.69 Å². The molecule has 0 spiro atoms. The van der Waals surface area contributed by atoms with E-state index in [1.807, 2.05) is 31.2 Å². The molecule has 0 aromatic heterocycles. The summed E-state index contributed by atoms with van der Waals surface area (Å²) in [7, 11) is 0. The molecule has 12 heavy (non-hydrogen) atoms. The average molecular weight is 159 g/mol. The van der Waals surface area contributed by atoms with Gasteiger partial charge in [-0.15, -0.1) is 0 Å². The lowest BCUT2D eigenvalue weighted by atomic mass is 10.2. The Morgan fingerprint density at radius 3 is 2.67 bits per heavy atom. The zero-order valence-corrected chi connectivity index (χ0v) is 6.82. The van der Waals surface area contributed by atoms with E-state index in [9.17, 15) is 4.79 Å². The summed E-state index contributed by atoms with van der Waals surface area (Å²) in [5, 5.41) is 0. The van der Waals surface area contributed by atoms with Gasteiger partial charge in [0.25, 0.3) is 5.91 Å². The smallest absolute Gasteiger partial charge is 0.256 e. The number of benzene rings is 1. The minimum absolute atomic E-state index is 0.0561. The van der Waals surface area contributed by atoms with E-state index >= 15 is 0 Å². The first-order valence-electron chi connectivity index (χ1n) is 3.85. The molecular weight excluding hydrogens is 150 g/mol. The Kier molecular flexibility index (Phi) is 1.47. The molecule has 1 heterocycles. The predicted octanol–water partition coefficient (Wildman–Crippen LogP) is 1.86. The highest BCUT2D eigenvalue weighted by molar-refractivity contribution is 6.09. The number of amides is 1. The molecule has 1 amide bonds. The Morgan fingerprint density at radius 2 is 2.17 bits per heavy atom. The predicted molar refractivity (Wildman–Crippen MR) is 47.8 cm³/mol. The second-order valence-electron chi connectivity index (χ2n) is 2.86. The maximum atomic E-state index is 11.0. The molecule has 0 aliphatic carbocycles. The van der Waals surface area contributed by atoms with E-state index in [0.29, 0.717) is 0 Å². The second-order valence-corrected chi connectivity index (χ2v) is 2.86. The SMILES string of the molecule is Cc1cccc(N2C=CC2=O)c1. The third-order valence-electron chi connectivity index (χ3n) is 1.88. The maximum absolute atomic E-state index is 11.0. The van der Waals surface area contributed by atoms with Gasteiger partial charge in [0, 0.05) is 18.0 Å². The molecule has 0 N–H and O–H groups in total. The first-order chi connectivity index (χ1) is 5.77. The van der Waals surface area contributed by atoms with Crippen LogP contribution in [0.5, 0.6) is 0 Å². The molecule has 1 aromatic carbocycles. The molecule has 60 valence electrons. The molecule has 1 aliphatic rings. The van der Waals surface area contributed by atoms with Gasteiger partial charge in [0.15, 0.2) is 0 Å². The van der Waals surface area contributed by atoms with E-state index < -0.39 is 0 Å². The van der Waals surface area contributed by atoms with Crippen molar-refractivity contribution in [2.75, 3.05) is 4.90 Å². The van der Waals surface area contributed by atoms with Gasteiger partial charge in [-0.2, -0.15) is 0 Å². The van der Waals surface area contributed by atoms with Gasteiger partial charge < -0.3 is 0 Å². The molecule has 0 radical (unpaired) electrons. The van der Waals surface area contributed by atoms with Crippen LogP contribution in [0.1, 0.15) is 5.56 Å². The van der Waals surface area contributed by atoms with Crippen LogP contribution in [0.2, 0.25) is 0 Å². The van der Waals surface area contributed by atoms with E-state index in [-0.39, 0.29) is 5.91 Å². The molecule has 1 aliphatic heterocycles. The lowest BCUT2D eigenvalue weighted by Crippen LogP contribution is -2.30. The van der Waals surface area contributed by atoms with E-state index in [1.54, 1.807) is 17.2 Å². The molecule has 0 saturated heterocycles. The Hall–Kier alpha value is -1.57. The van der Waals surface area contributed by atoms with Crippen LogP contribution in [0, 0.1) is 6.92 Å². The van der Waals surface area contributed by atoms with Gasteiger partial charge in [0.1, 0.15) is 0 Å². The third kappa shape index (κ3) is 1.01. The summed E-state index contributed by atoms with van der Waals surface area (Å²) in [6, 6.07) is 7.87. The lowest BCUT2D eigenvalue weighted by Gasteiger charge is -2.22. The summed E-state index contributed by atoms with van der Waals surface area (Å²) in [5.74, 6) is 0.0561. The van der Waals surface area contributed by atoms with Crippen molar-refractivity contribution < 1.29 is 4.79 Å². The first-order valence-corrected chi connectivity index (χ1v) is 3.85. The fourth-order valence-electron chi connectivity index (χ4n) is 1.20. The normalized spacial score (nSPS) is 14.8. The van der Waals surface area contributed by atoms with Crippen LogP contribution < -0.4 is 4.90 Å². The molecule has 0 unspecified atom stereocenters. The van der Waals surface area contributed by atoms with Crippen molar-refractivity contribution in [3.63, 3.8) is 0 Å². The van der Waals surface area contributed by atoms with Crippen LogP contribution in [-0.4, -0.2) is 5.91 Å². The quantitative estimate of drug-likeness (QED) is 0.612. The molecule has 2 heteroatoms. The molecule has 0 bridgehead atoms. The van der Waals surface area contributed by atoms with Crippen LogP contribution in [-0.2, 0) is 4.79 Å². The Morgan fingerprint density at radius 1 is 1.33 bits per heavy atom. The maximum Gasteiger partial charge on any atom is 0.256 e. The Bertz CT molecular complexity index is 355. The second kappa shape index (κ2) is 2.48. The highest BCUT2D eigenvalue weighted by Gasteiger charge is 2.17. The number of carbonyl (C=O) groups excluding carboxylic acids is 1. The largest absolute Gasteiger partial charge is 0.284 e. The summed E-state index contributed by atoms with van der Waals surface area (Å²) in [5.41, 5.74) is 2.11. The zero-order chi connectivity index (χ0) is 8.55. The number of hydrogen-bond acceptors (Lipinski definition) is 1. The highest BCUT2D eigenvalue weighted by Crippen LogP contribution is 2.20. The van der Waals surface area contributed by atoms with Crippen LogP contribution in [0.3, 0.4) is 0 Å². The van der Waals surface area contributed by atoms with Gasteiger partial charge in [-0.1, -0.05) is 12.1 Å². The fourth-order valence-corrected chi connectivity index (χ4v) is 1.20. The van der Waals surface area contributed by atoms with E-state index in [0.717, 1.165) is 5.69 Å². The summed E-state index contributed by atoms with van der Waals surface area (Å²) >= 11 is 0. The van der Waals surface area contributed by atoms with E-state index in [2.05, 4.69) is 0 Å². The Labute approximate surface area is 71.1 Å². The van der Waals surface area contributed by atoms with Crippen molar-refractivity contribution in [2.24, 2.45) is 0 Å². The summed E-state index contributed by atoms with van der Waals surface area (Å²) < 4.78 is 0. The van der Waals surface area contributed by atoms with Crippen molar-refractivity contribution in [2.45, 2.75) is 6.92 Å². The minimum Gasteiger partial charge on any atom is -0.284 e. The van der Waals surface area contributed by atoms with Gasteiger partial charge in [-0.3, -0.25) is 9.69 Å². The fraction of sp³-hybridized carbons (Fsp3) is 0.100. The van der Waals surface area contributed by atoms with E-state index in [1.165, 1.54) is 5.56 Å². The molecule has 0 saturated carbocycles. The van der Waals surface area contributed by atoms with Crippen molar-refractivity contribution in [3.05, 3.63) is 42.1 Å². The number of rotatable bonds is 1. The number of aryl methyl sites for hydroxylation is 1. The standard InChI is InChI=1S/C10H9NO/c1-8-3-2-4-9(7-8)11-6-5-10(11)12/h2-7H,1H3. The van der Waals surface area contributed by atoms with Crippen molar-refractivity contribution >= 4 is 11.6 Å². The summed E-state index contributed by atoms with van der Waals surface area (Å²) in [6.45, 7) is 2.01. The number of hydrogen-bond donors (Lipinski definition) is 0. The molecule has 2 rings (SSSR count). The van der Waals surface area contributed by atoms with Gasteiger partial charge in [0.2, 0.25) is 0 Å². The summed E-state index contributed by atoms with van der Waals surface area (Å²) in [6.07, 6.45) is 3.33. The van der Waals surface area contributed by atoms with Crippen molar-refractivity contribution in [1.82, 2.24) is 0 Å². The Balaban J connectivity index is 2.35. The van der Waals surface area contributed by atoms with Crippen molar-refractivity contribution in [3.8, 4) is 0 Å². The number of carbonyl (C=O) groups is 1. The van der Waals surface area contributed by atoms with Gasteiger partial charge in [-0.05, 0) is 24.6 Å². The minimum atomic E-state index is 0.0561. The monoisotopic (exact) mass is 159 g/mol. The average Bonchev–Trinajstić information content (AvgIpc) is 2.02. The molecule has 2 nitrogen and oxygen atoms in total. The van der Waals surface area contributed by atoms with Crippen molar-refractivity contribution in [1.29, 1.82) is 0 Å². The van der Waals surface area contributed by atoms with Crippen LogP contribution in [0.25, 0.3) is 0 Å². The number of nitrogens with zero attached hydrogens (tertiary/aromatic N) is 1. The molecule has 1 aromatic rings. The van der Waals surface area contributed by atoms with E-state index in [4.69, 9.17) is 0 Å². The molecule has 0 atom stereocenters. The molecule has 0 fully saturated rings. The van der Waals surface area contributed by atoms with Gasteiger partial charge in [-0.25, -0.2) is 0 Å². The number of anilines is 1. The topological polar surface area (TPSA) is 20.3 Å².